The molecule has 0 N–H and O–H groups in total. The normalized spacial score (nSPS) is 16.5. The first-order valence-corrected chi connectivity index (χ1v) is 33.8. The predicted molar refractivity (Wildman–Crippen MR) is 242 cm³/mol. The van der Waals surface area contributed by atoms with Crippen molar-refractivity contribution >= 4 is 15.4 Å². The SMILES string of the molecule is CC(C)(C)c1ccc(-c2cccc3c2C=C[CH]3[Hf]([CH3])([CH3])(=[C](Cc2ccccc2)Cc2ccccc2)[CH]2C=Cc3c(-c4ccc(C(C)(C)C)cc4)cccc32)cc1. The molecular formula is C55H58Hf. The first kappa shape index (κ1) is 38.4. The Morgan fingerprint density at radius 1 is 0.446 bits per heavy atom. The Labute approximate surface area is 337 Å². The van der Waals surface area contributed by atoms with Gasteiger partial charge in [0.25, 0.3) is 0 Å². The molecule has 0 aromatic heterocycles. The number of rotatable bonds is 8. The first-order chi connectivity index (χ1) is 26.7. The van der Waals surface area contributed by atoms with Gasteiger partial charge in [0.15, 0.2) is 0 Å². The fourth-order valence-corrected chi connectivity index (χ4v) is 33.6. The zero-order chi connectivity index (χ0) is 39.3. The standard InChI is InChI=1S/2C19H19.C15H14.2CH3.Hf/c2*1-19(2,3)16-12-10-15(11-13-16)18-9-5-7-14-6-4-8-17(14)18;1-3-8-14(9-4-1)12-7-13-15-10-5-2-6-11-15;;;/h2*4-13H,1-3H3;1-6,8-11H,12-13H2;2*1H3;. The summed E-state index contributed by atoms with van der Waals surface area (Å²) < 4.78 is 8.12. The Hall–Kier alpha value is -4.46. The van der Waals surface area contributed by atoms with Crippen molar-refractivity contribution in [2.24, 2.45) is 0 Å². The van der Waals surface area contributed by atoms with Gasteiger partial charge in [-0.25, -0.2) is 0 Å². The van der Waals surface area contributed by atoms with E-state index in [-0.39, 0.29) is 10.8 Å². The van der Waals surface area contributed by atoms with Crippen LogP contribution in [0.25, 0.3) is 34.4 Å². The van der Waals surface area contributed by atoms with E-state index in [1.165, 1.54) is 66.8 Å². The maximum absolute atomic E-state index is 4.50. The molecule has 6 aromatic carbocycles. The molecule has 8 rings (SSSR count). The molecule has 2 atom stereocenters. The van der Waals surface area contributed by atoms with Crippen molar-refractivity contribution in [3.63, 3.8) is 0 Å². The molecule has 6 aromatic rings. The van der Waals surface area contributed by atoms with E-state index >= 15 is 0 Å². The van der Waals surface area contributed by atoms with E-state index in [1.807, 2.05) is 0 Å². The van der Waals surface area contributed by atoms with Crippen LogP contribution in [0.4, 0.5) is 0 Å². The van der Waals surface area contributed by atoms with Crippen LogP contribution in [0.15, 0.2) is 158 Å². The summed E-state index contributed by atoms with van der Waals surface area (Å²) in [6, 6.07) is 55.5. The van der Waals surface area contributed by atoms with Crippen molar-refractivity contribution in [3.8, 4) is 22.3 Å². The third kappa shape index (κ3) is 6.96. The molecule has 1 heteroatoms. The van der Waals surface area contributed by atoms with Crippen LogP contribution in [0, 0.1) is 0 Å². The Morgan fingerprint density at radius 2 is 0.821 bits per heavy atom. The molecule has 0 heterocycles. The molecule has 0 saturated carbocycles. The molecule has 0 spiro atoms. The number of hydrogen-bond donors (Lipinski definition) is 0. The van der Waals surface area contributed by atoms with Crippen LogP contribution in [0.1, 0.15) is 93.4 Å². The monoisotopic (exact) mass is 898 g/mol. The zero-order valence-corrected chi connectivity index (χ0v) is 38.3. The predicted octanol–water partition coefficient (Wildman–Crippen LogP) is 14.9. The Bertz CT molecular complexity index is 2330. The van der Waals surface area contributed by atoms with E-state index < -0.39 is 18.0 Å². The fraction of sp³-hybridized carbons (Fsp3) is 0.255. The summed E-state index contributed by atoms with van der Waals surface area (Å²) in [6.45, 7) is 13.8. The van der Waals surface area contributed by atoms with Gasteiger partial charge >= 0.3 is 340 Å². The molecule has 0 radical (unpaired) electrons. The van der Waals surface area contributed by atoms with Gasteiger partial charge in [-0.05, 0) is 0 Å². The van der Waals surface area contributed by atoms with Gasteiger partial charge in [-0.1, -0.05) is 0 Å². The van der Waals surface area contributed by atoms with Crippen LogP contribution in [0.5, 0.6) is 0 Å². The summed E-state index contributed by atoms with van der Waals surface area (Å²) in [7, 11) is 0. The second-order valence-electron chi connectivity index (χ2n) is 19.5. The zero-order valence-electron chi connectivity index (χ0n) is 34.7. The van der Waals surface area contributed by atoms with E-state index in [2.05, 4.69) is 221 Å². The number of fused-ring (bicyclic) bond motifs is 2. The molecule has 0 amide bonds. The van der Waals surface area contributed by atoms with Crippen LogP contribution in [-0.2, 0) is 41.7 Å². The van der Waals surface area contributed by atoms with E-state index in [4.69, 9.17) is 0 Å². The number of benzene rings is 6. The minimum atomic E-state index is -4.50. The van der Waals surface area contributed by atoms with Gasteiger partial charge in [-0.2, -0.15) is 0 Å². The van der Waals surface area contributed by atoms with Crippen molar-refractivity contribution in [1.29, 1.82) is 0 Å². The first-order valence-electron chi connectivity index (χ1n) is 20.7. The maximum atomic E-state index is 2.82. The molecule has 0 fully saturated rings. The van der Waals surface area contributed by atoms with Crippen molar-refractivity contribution in [3.05, 3.63) is 202 Å². The van der Waals surface area contributed by atoms with Crippen LogP contribution >= 0.6 is 0 Å². The molecule has 0 nitrogen and oxygen atoms in total. The quantitative estimate of drug-likeness (QED) is 0.134. The second-order valence-corrected chi connectivity index (χ2v) is 45.2. The van der Waals surface area contributed by atoms with Gasteiger partial charge in [0.2, 0.25) is 0 Å². The summed E-state index contributed by atoms with van der Waals surface area (Å²) in [6.07, 6.45) is 12.3. The fourth-order valence-electron chi connectivity index (χ4n) is 9.96. The van der Waals surface area contributed by atoms with Crippen LogP contribution in [0.2, 0.25) is 9.36 Å². The average molecular weight is 898 g/mol. The summed E-state index contributed by atoms with van der Waals surface area (Å²) in [4.78, 5) is 0. The third-order valence-corrected chi connectivity index (χ3v) is 40.2. The van der Waals surface area contributed by atoms with Gasteiger partial charge in [0, 0.05) is 0 Å². The van der Waals surface area contributed by atoms with Crippen molar-refractivity contribution < 1.29 is 18.0 Å². The molecule has 56 heavy (non-hydrogen) atoms. The number of allylic oxidation sites excluding steroid dienone is 2. The van der Waals surface area contributed by atoms with Crippen LogP contribution in [-0.4, -0.2) is 3.26 Å². The number of hydrogen-bond acceptors (Lipinski definition) is 0. The molecule has 2 unspecified atom stereocenters. The van der Waals surface area contributed by atoms with E-state index in [9.17, 15) is 0 Å². The Balaban J connectivity index is 1.35. The summed E-state index contributed by atoms with van der Waals surface area (Å²) >= 11 is -4.50. The molecule has 0 bridgehead atoms. The van der Waals surface area contributed by atoms with Crippen LogP contribution < -0.4 is 0 Å². The van der Waals surface area contributed by atoms with Gasteiger partial charge in [-0.15, -0.1) is 0 Å². The summed E-state index contributed by atoms with van der Waals surface area (Å²) in [5, 5.41) is 0. The van der Waals surface area contributed by atoms with Gasteiger partial charge in [-0.3, -0.25) is 0 Å². The Kier molecular flexibility index (Phi) is 9.94. The second kappa shape index (κ2) is 14.5. The van der Waals surface area contributed by atoms with E-state index in [0.29, 0.717) is 7.35 Å². The van der Waals surface area contributed by atoms with Gasteiger partial charge in [0.05, 0.1) is 0 Å². The van der Waals surface area contributed by atoms with E-state index in [1.54, 1.807) is 3.26 Å². The minimum absolute atomic E-state index is 0.123. The van der Waals surface area contributed by atoms with E-state index in [0.717, 1.165) is 12.8 Å². The van der Waals surface area contributed by atoms with Gasteiger partial charge in [0.1, 0.15) is 0 Å². The van der Waals surface area contributed by atoms with Crippen molar-refractivity contribution in [1.82, 2.24) is 0 Å². The van der Waals surface area contributed by atoms with Crippen molar-refractivity contribution in [2.75, 3.05) is 0 Å². The molecule has 282 valence electrons. The third-order valence-electron chi connectivity index (χ3n) is 13.5. The molecular weight excluding hydrogens is 839 g/mol. The molecule has 0 aliphatic heterocycles. The van der Waals surface area contributed by atoms with Crippen molar-refractivity contribution in [2.45, 2.75) is 81.9 Å². The average Bonchev–Trinajstić information content (AvgIpc) is 3.85. The topological polar surface area (TPSA) is 0 Å². The Morgan fingerprint density at radius 3 is 1.18 bits per heavy atom. The summed E-state index contributed by atoms with van der Waals surface area (Å²) in [5.41, 5.74) is 16.9. The van der Waals surface area contributed by atoms with Crippen LogP contribution in [0.3, 0.4) is 0 Å². The molecule has 0 saturated heterocycles. The van der Waals surface area contributed by atoms with Gasteiger partial charge < -0.3 is 0 Å². The molecule has 2 aliphatic carbocycles. The molecule has 2 aliphatic rings. The summed E-state index contributed by atoms with van der Waals surface area (Å²) in [5.74, 6) is 0.